The van der Waals surface area contributed by atoms with Crippen LogP contribution in [0.5, 0.6) is 11.5 Å². The van der Waals surface area contributed by atoms with Crippen LogP contribution in [0.1, 0.15) is 0 Å². The third-order valence-corrected chi connectivity index (χ3v) is 4.08. The summed E-state index contributed by atoms with van der Waals surface area (Å²) in [4.78, 5) is 25.1. The van der Waals surface area contributed by atoms with Crippen LogP contribution in [-0.4, -0.2) is 46.2 Å². The van der Waals surface area contributed by atoms with E-state index in [1.54, 1.807) is 56.6 Å². The van der Waals surface area contributed by atoms with Crippen LogP contribution in [0.3, 0.4) is 0 Å². The molecule has 144 valence electrons. The number of halogens is 1. The number of quaternary nitrogens is 1. The van der Waals surface area contributed by atoms with Crippen LogP contribution in [-0.2, 0) is 9.59 Å². The molecule has 2 rings (SSSR count). The number of anilines is 2. The molecule has 0 heterocycles. The minimum Gasteiger partial charge on any atom is -0.497 e. The average molecular weight is 393 g/mol. The summed E-state index contributed by atoms with van der Waals surface area (Å²) in [6.07, 6.45) is 0. The van der Waals surface area contributed by atoms with Gasteiger partial charge in [0.2, 0.25) is 0 Å². The van der Waals surface area contributed by atoms with Gasteiger partial charge in [-0.3, -0.25) is 9.59 Å². The number of rotatable bonds is 8. The highest BCUT2D eigenvalue weighted by atomic mass is 35.5. The Balaban J connectivity index is 1.88. The second-order valence-corrected chi connectivity index (χ2v) is 6.36. The molecule has 0 fully saturated rings. The molecule has 7 nitrogen and oxygen atoms in total. The standard InChI is InChI=1S/C19H22ClN3O4/c1-23(11-18(24)21-15-7-5-4-6-14(15)20)12-19(25)22-16-9-8-13(26-2)10-17(16)27-3/h4-10H,11-12H2,1-3H3,(H,21,24)(H,22,25)/p+1. The minimum absolute atomic E-state index is 0.116. The Morgan fingerprint density at radius 1 is 0.963 bits per heavy atom. The Labute approximate surface area is 163 Å². The summed E-state index contributed by atoms with van der Waals surface area (Å²) in [5, 5.41) is 5.99. The van der Waals surface area contributed by atoms with E-state index >= 15 is 0 Å². The monoisotopic (exact) mass is 392 g/mol. The molecular formula is C19H23ClN3O4+. The third kappa shape index (κ3) is 6.16. The zero-order valence-corrected chi connectivity index (χ0v) is 16.2. The van der Waals surface area contributed by atoms with Crippen LogP contribution in [0, 0.1) is 0 Å². The van der Waals surface area contributed by atoms with E-state index in [-0.39, 0.29) is 24.9 Å². The van der Waals surface area contributed by atoms with Crippen molar-refractivity contribution in [1.29, 1.82) is 0 Å². The highest BCUT2D eigenvalue weighted by Gasteiger charge is 2.16. The van der Waals surface area contributed by atoms with Crippen LogP contribution in [0.4, 0.5) is 11.4 Å². The fourth-order valence-corrected chi connectivity index (χ4v) is 2.65. The molecule has 8 heteroatoms. The van der Waals surface area contributed by atoms with Crippen LogP contribution in [0.15, 0.2) is 42.5 Å². The van der Waals surface area contributed by atoms with Crippen molar-refractivity contribution >= 4 is 34.8 Å². The number of amides is 2. The minimum atomic E-state index is -0.235. The molecule has 0 aliphatic carbocycles. The van der Waals surface area contributed by atoms with Crippen LogP contribution in [0.25, 0.3) is 0 Å². The molecule has 0 saturated heterocycles. The number of likely N-dealkylation sites (N-methyl/N-ethyl adjacent to an activating group) is 1. The molecule has 0 bridgehead atoms. The molecular weight excluding hydrogens is 370 g/mol. The number of hydrogen-bond donors (Lipinski definition) is 3. The molecule has 0 spiro atoms. The maximum absolute atomic E-state index is 12.3. The second kappa shape index (κ2) is 9.80. The molecule has 0 radical (unpaired) electrons. The van der Waals surface area contributed by atoms with Crippen molar-refractivity contribution in [3.05, 3.63) is 47.5 Å². The van der Waals surface area contributed by atoms with E-state index in [0.29, 0.717) is 27.9 Å². The number of hydrogen-bond acceptors (Lipinski definition) is 4. The Morgan fingerprint density at radius 3 is 2.19 bits per heavy atom. The van der Waals surface area contributed by atoms with Gasteiger partial charge in [0, 0.05) is 6.07 Å². The zero-order valence-electron chi connectivity index (χ0n) is 15.5. The van der Waals surface area contributed by atoms with E-state index in [0.717, 1.165) is 4.90 Å². The molecule has 2 amide bonds. The lowest BCUT2D eigenvalue weighted by Gasteiger charge is -2.15. The molecule has 0 aromatic heterocycles. The predicted molar refractivity (Wildman–Crippen MR) is 105 cm³/mol. The zero-order chi connectivity index (χ0) is 19.8. The summed E-state index contributed by atoms with van der Waals surface area (Å²) in [5.74, 6) is 0.664. The van der Waals surface area contributed by atoms with Crippen molar-refractivity contribution in [1.82, 2.24) is 0 Å². The fourth-order valence-electron chi connectivity index (χ4n) is 2.46. The summed E-state index contributed by atoms with van der Waals surface area (Å²) < 4.78 is 10.4. The van der Waals surface area contributed by atoms with Gasteiger partial charge in [0.25, 0.3) is 11.8 Å². The summed E-state index contributed by atoms with van der Waals surface area (Å²) in [6.45, 7) is 0.240. The highest BCUT2D eigenvalue weighted by Crippen LogP contribution is 2.28. The van der Waals surface area contributed by atoms with Crippen LogP contribution in [0.2, 0.25) is 5.02 Å². The van der Waals surface area contributed by atoms with Crippen molar-refractivity contribution in [3.8, 4) is 11.5 Å². The lowest BCUT2D eigenvalue weighted by molar-refractivity contribution is -0.862. The van der Waals surface area contributed by atoms with Gasteiger partial charge in [0.05, 0.1) is 37.7 Å². The van der Waals surface area contributed by atoms with Crippen molar-refractivity contribution < 1.29 is 24.0 Å². The van der Waals surface area contributed by atoms with Gasteiger partial charge in [0.1, 0.15) is 11.5 Å². The Kier molecular flexibility index (Phi) is 7.45. The van der Waals surface area contributed by atoms with Gasteiger partial charge in [-0.05, 0) is 24.3 Å². The largest absolute Gasteiger partial charge is 0.497 e. The Hall–Kier alpha value is -2.77. The van der Waals surface area contributed by atoms with Gasteiger partial charge in [-0.15, -0.1) is 0 Å². The van der Waals surface area contributed by atoms with Gasteiger partial charge < -0.3 is 25.0 Å². The van der Waals surface area contributed by atoms with Gasteiger partial charge in [-0.25, -0.2) is 0 Å². The number of nitrogens with one attached hydrogen (secondary N) is 3. The lowest BCUT2D eigenvalue weighted by Crippen LogP contribution is -3.11. The first kappa shape index (κ1) is 20.5. The van der Waals surface area contributed by atoms with Crippen LogP contribution < -0.4 is 25.0 Å². The van der Waals surface area contributed by atoms with E-state index in [2.05, 4.69) is 10.6 Å². The molecule has 2 aromatic carbocycles. The van der Waals surface area contributed by atoms with Crippen molar-refractivity contribution in [2.75, 3.05) is 45.0 Å². The number of methoxy groups -OCH3 is 2. The summed E-state index contributed by atoms with van der Waals surface area (Å²) in [7, 11) is 4.83. The normalized spacial score (nSPS) is 11.4. The van der Waals surface area contributed by atoms with E-state index in [4.69, 9.17) is 21.1 Å². The number of carbonyl (C=O) groups is 2. The van der Waals surface area contributed by atoms with E-state index < -0.39 is 0 Å². The molecule has 27 heavy (non-hydrogen) atoms. The fraction of sp³-hybridized carbons (Fsp3) is 0.263. The number of ether oxygens (including phenoxy) is 2. The second-order valence-electron chi connectivity index (χ2n) is 5.95. The summed E-state index contributed by atoms with van der Waals surface area (Å²) >= 11 is 6.02. The maximum atomic E-state index is 12.3. The SMILES string of the molecule is COc1ccc(NC(=O)C[NH+](C)CC(=O)Nc2ccccc2Cl)c(OC)c1. The van der Waals surface area contributed by atoms with Crippen molar-refractivity contribution in [3.63, 3.8) is 0 Å². The molecule has 1 atom stereocenters. The van der Waals surface area contributed by atoms with Gasteiger partial charge in [0.15, 0.2) is 13.1 Å². The number of para-hydroxylation sites is 1. The quantitative estimate of drug-likeness (QED) is 0.635. The number of benzene rings is 2. The molecule has 3 N–H and O–H groups in total. The third-order valence-electron chi connectivity index (χ3n) is 3.76. The van der Waals surface area contributed by atoms with Gasteiger partial charge >= 0.3 is 0 Å². The van der Waals surface area contributed by atoms with Crippen molar-refractivity contribution in [2.45, 2.75) is 0 Å². The highest BCUT2D eigenvalue weighted by molar-refractivity contribution is 6.33. The Morgan fingerprint density at radius 2 is 1.59 bits per heavy atom. The van der Waals surface area contributed by atoms with E-state index in [1.807, 2.05) is 0 Å². The Bertz CT molecular complexity index is 813. The van der Waals surface area contributed by atoms with E-state index in [1.165, 1.54) is 7.11 Å². The molecule has 0 aliphatic rings. The summed E-state index contributed by atoms with van der Waals surface area (Å²) in [5.41, 5.74) is 1.08. The molecule has 1 unspecified atom stereocenters. The molecule has 2 aromatic rings. The molecule has 0 saturated carbocycles. The van der Waals surface area contributed by atoms with Gasteiger partial charge in [-0.2, -0.15) is 0 Å². The predicted octanol–water partition coefficient (Wildman–Crippen LogP) is 1.45. The lowest BCUT2D eigenvalue weighted by atomic mass is 10.2. The molecule has 0 aliphatic heterocycles. The van der Waals surface area contributed by atoms with Crippen LogP contribution >= 0.6 is 11.6 Å². The van der Waals surface area contributed by atoms with Crippen molar-refractivity contribution in [2.24, 2.45) is 0 Å². The first-order chi connectivity index (χ1) is 12.9. The first-order valence-corrected chi connectivity index (χ1v) is 8.68. The van der Waals surface area contributed by atoms with E-state index in [9.17, 15) is 9.59 Å². The summed E-state index contributed by atoms with van der Waals surface area (Å²) in [6, 6.07) is 12.1. The smallest absolute Gasteiger partial charge is 0.279 e. The average Bonchev–Trinajstić information content (AvgIpc) is 2.63. The maximum Gasteiger partial charge on any atom is 0.279 e. The van der Waals surface area contributed by atoms with Gasteiger partial charge in [-0.1, -0.05) is 23.7 Å². The number of carbonyl (C=O) groups excluding carboxylic acids is 2. The topological polar surface area (TPSA) is 81.1 Å². The first-order valence-electron chi connectivity index (χ1n) is 8.30.